The summed E-state index contributed by atoms with van der Waals surface area (Å²) in [6.45, 7) is 0.441. The molecule has 2 heterocycles. The van der Waals surface area contributed by atoms with E-state index < -0.39 is 6.10 Å². The molecule has 1 fully saturated rings. The van der Waals surface area contributed by atoms with Gasteiger partial charge in [0.15, 0.2) is 0 Å². The topological polar surface area (TPSA) is 103 Å². The minimum Gasteiger partial charge on any atom is -0.423 e. The van der Waals surface area contributed by atoms with E-state index in [-0.39, 0.29) is 12.0 Å². The summed E-state index contributed by atoms with van der Waals surface area (Å²) >= 11 is 0. The number of benzene rings is 1. The third-order valence-electron chi connectivity index (χ3n) is 3.40. The number of hydrogen-bond donors (Lipinski definition) is 2. The molecule has 1 amide bonds. The minimum absolute atomic E-state index is 0.0227. The fourth-order valence-corrected chi connectivity index (χ4v) is 2.32. The first-order chi connectivity index (χ1) is 10.3. The van der Waals surface area contributed by atoms with Gasteiger partial charge in [0.1, 0.15) is 6.10 Å². The van der Waals surface area contributed by atoms with Crippen molar-refractivity contribution < 1.29 is 13.9 Å². The smallest absolute Gasteiger partial charge is 0.253 e. The van der Waals surface area contributed by atoms with Crippen LogP contribution in [0, 0.1) is 0 Å². The second-order valence-electron chi connectivity index (χ2n) is 4.87. The Morgan fingerprint density at radius 2 is 2.33 bits per heavy atom. The summed E-state index contributed by atoms with van der Waals surface area (Å²) in [5, 5.41) is 10.3. The molecule has 1 aliphatic rings. The Kier molecular flexibility index (Phi) is 3.94. The molecule has 110 valence electrons. The highest BCUT2D eigenvalue weighted by atomic mass is 16.5. The van der Waals surface area contributed by atoms with Gasteiger partial charge in [-0.15, -0.1) is 10.2 Å². The number of carbonyl (C=O) groups is 1. The van der Waals surface area contributed by atoms with Crippen molar-refractivity contribution >= 4 is 11.6 Å². The van der Waals surface area contributed by atoms with Crippen LogP contribution in [0.25, 0.3) is 11.5 Å². The van der Waals surface area contributed by atoms with E-state index in [1.807, 2.05) is 12.1 Å². The summed E-state index contributed by atoms with van der Waals surface area (Å²) < 4.78 is 10.7. The van der Waals surface area contributed by atoms with E-state index in [9.17, 15) is 4.79 Å². The summed E-state index contributed by atoms with van der Waals surface area (Å²) in [5.74, 6) is 0.250. The van der Waals surface area contributed by atoms with Gasteiger partial charge < -0.3 is 20.2 Å². The Morgan fingerprint density at radius 3 is 3.05 bits per heavy atom. The second kappa shape index (κ2) is 6.02. The van der Waals surface area contributed by atoms with Crippen molar-refractivity contribution in [3.05, 3.63) is 30.7 Å². The number of nitrogens with two attached hydrogens (primary N) is 1. The molecule has 0 aliphatic carbocycles. The molecule has 7 heteroatoms. The average molecular weight is 288 g/mol. The highest BCUT2D eigenvalue weighted by Gasteiger charge is 2.29. The van der Waals surface area contributed by atoms with Crippen LogP contribution in [0.5, 0.6) is 0 Å². The summed E-state index contributed by atoms with van der Waals surface area (Å²) in [4.78, 5) is 12.1. The van der Waals surface area contributed by atoms with Gasteiger partial charge in [-0.25, -0.2) is 0 Å². The molecule has 3 rings (SSSR count). The molecule has 1 saturated heterocycles. The van der Waals surface area contributed by atoms with E-state index in [2.05, 4.69) is 15.5 Å². The molecule has 2 aromatic rings. The van der Waals surface area contributed by atoms with Crippen molar-refractivity contribution in [3.8, 4) is 11.5 Å². The first-order valence-corrected chi connectivity index (χ1v) is 6.79. The first kappa shape index (κ1) is 13.7. The van der Waals surface area contributed by atoms with Gasteiger partial charge in [-0.2, -0.15) is 0 Å². The number of rotatable bonds is 4. The number of amides is 1. The number of carbonyl (C=O) groups excluding carboxylic acids is 1. The van der Waals surface area contributed by atoms with Gasteiger partial charge in [-0.1, -0.05) is 6.07 Å². The third-order valence-corrected chi connectivity index (χ3v) is 3.40. The maximum absolute atomic E-state index is 12.1. The lowest BCUT2D eigenvalue weighted by molar-refractivity contribution is -0.126. The van der Waals surface area contributed by atoms with Crippen molar-refractivity contribution in [3.63, 3.8) is 0 Å². The van der Waals surface area contributed by atoms with Gasteiger partial charge in [0.05, 0.1) is 6.10 Å². The van der Waals surface area contributed by atoms with Crippen molar-refractivity contribution in [2.24, 2.45) is 5.73 Å². The standard InChI is InChI=1S/C14H16N4O3/c15-7-11-4-5-12(21-11)13(19)17-10-3-1-2-9(6-10)14-18-16-8-20-14/h1-3,6,8,11-12H,4-5,7,15H2,(H,17,19). The molecule has 1 aliphatic heterocycles. The fraction of sp³-hybridized carbons (Fsp3) is 0.357. The average Bonchev–Trinajstić information content (AvgIpc) is 3.19. The van der Waals surface area contributed by atoms with Crippen LogP contribution in [0.15, 0.2) is 35.1 Å². The van der Waals surface area contributed by atoms with E-state index in [1.54, 1.807) is 12.1 Å². The molecule has 1 aromatic heterocycles. The summed E-state index contributed by atoms with van der Waals surface area (Å²) in [7, 11) is 0. The lowest BCUT2D eigenvalue weighted by Gasteiger charge is -2.13. The zero-order valence-corrected chi connectivity index (χ0v) is 11.4. The molecule has 7 nitrogen and oxygen atoms in total. The Hall–Kier alpha value is -2.25. The lowest BCUT2D eigenvalue weighted by atomic mass is 10.1. The fourth-order valence-electron chi connectivity index (χ4n) is 2.32. The zero-order valence-electron chi connectivity index (χ0n) is 11.4. The molecular formula is C14H16N4O3. The van der Waals surface area contributed by atoms with Crippen LogP contribution >= 0.6 is 0 Å². The summed E-state index contributed by atoms with van der Waals surface area (Å²) in [6.07, 6.45) is 2.31. The number of anilines is 1. The SMILES string of the molecule is NCC1CCC(C(=O)Nc2cccc(-c3nnco3)c2)O1. The molecular weight excluding hydrogens is 272 g/mol. The normalized spacial score (nSPS) is 21.4. The predicted octanol–water partition coefficient (Wildman–Crippen LogP) is 1.18. The quantitative estimate of drug-likeness (QED) is 0.875. The monoisotopic (exact) mass is 288 g/mol. The number of hydrogen-bond acceptors (Lipinski definition) is 6. The molecule has 21 heavy (non-hydrogen) atoms. The van der Waals surface area contributed by atoms with Crippen LogP contribution in [0.2, 0.25) is 0 Å². The highest BCUT2D eigenvalue weighted by Crippen LogP contribution is 2.23. The zero-order chi connectivity index (χ0) is 14.7. The molecule has 2 unspecified atom stereocenters. The van der Waals surface area contributed by atoms with Crippen LogP contribution in [0.1, 0.15) is 12.8 Å². The maximum Gasteiger partial charge on any atom is 0.253 e. The van der Waals surface area contributed by atoms with Crippen LogP contribution in [-0.4, -0.2) is 34.9 Å². The van der Waals surface area contributed by atoms with Gasteiger partial charge in [-0.05, 0) is 31.0 Å². The molecule has 0 spiro atoms. The van der Waals surface area contributed by atoms with E-state index in [0.29, 0.717) is 24.5 Å². The van der Waals surface area contributed by atoms with Crippen molar-refractivity contribution in [2.45, 2.75) is 25.0 Å². The summed E-state index contributed by atoms with van der Waals surface area (Å²) in [5.41, 5.74) is 6.95. The first-order valence-electron chi connectivity index (χ1n) is 6.79. The van der Waals surface area contributed by atoms with Crippen molar-refractivity contribution in [1.29, 1.82) is 0 Å². The Bertz CT molecular complexity index is 614. The Balaban J connectivity index is 1.68. The largest absolute Gasteiger partial charge is 0.423 e. The minimum atomic E-state index is -0.439. The Labute approximate surface area is 121 Å². The second-order valence-corrected chi connectivity index (χ2v) is 4.87. The van der Waals surface area contributed by atoms with Gasteiger partial charge in [0.2, 0.25) is 12.3 Å². The number of ether oxygens (including phenoxy) is 1. The molecule has 1 aromatic carbocycles. The predicted molar refractivity (Wildman–Crippen MR) is 75.3 cm³/mol. The number of nitrogens with one attached hydrogen (secondary N) is 1. The lowest BCUT2D eigenvalue weighted by Crippen LogP contribution is -2.29. The molecule has 0 radical (unpaired) electrons. The van der Waals surface area contributed by atoms with Crippen molar-refractivity contribution in [1.82, 2.24) is 10.2 Å². The van der Waals surface area contributed by atoms with Crippen LogP contribution in [0.3, 0.4) is 0 Å². The van der Waals surface area contributed by atoms with Gasteiger partial charge in [-0.3, -0.25) is 4.79 Å². The number of nitrogens with zero attached hydrogens (tertiary/aromatic N) is 2. The highest BCUT2D eigenvalue weighted by molar-refractivity contribution is 5.94. The van der Waals surface area contributed by atoms with Crippen LogP contribution in [0.4, 0.5) is 5.69 Å². The van der Waals surface area contributed by atoms with Gasteiger partial charge in [0, 0.05) is 17.8 Å². The Morgan fingerprint density at radius 1 is 1.43 bits per heavy atom. The maximum atomic E-state index is 12.1. The van der Waals surface area contributed by atoms with E-state index in [0.717, 1.165) is 12.0 Å². The molecule has 3 N–H and O–H groups in total. The van der Waals surface area contributed by atoms with Crippen LogP contribution in [-0.2, 0) is 9.53 Å². The molecule has 0 saturated carbocycles. The van der Waals surface area contributed by atoms with E-state index in [1.165, 1.54) is 6.39 Å². The van der Waals surface area contributed by atoms with Gasteiger partial charge in [0.25, 0.3) is 5.91 Å². The third kappa shape index (κ3) is 3.09. The molecule has 0 bridgehead atoms. The van der Waals surface area contributed by atoms with E-state index >= 15 is 0 Å². The van der Waals surface area contributed by atoms with E-state index in [4.69, 9.17) is 14.9 Å². The summed E-state index contributed by atoms with van der Waals surface area (Å²) in [6, 6.07) is 7.22. The van der Waals surface area contributed by atoms with Crippen LogP contribution < -0.4 is 11.1 Å². The van der Waals surface area contributed by atoms with Crippen molar-refractivity contribution in [2.75, 3.05) is 11.9 Å². The molecule has 2 atom stereocenters. The van der Waals surface area contributed by atoms with Gasteiger partial charge >= 0.3 is 0 Å². The number of aromatic nitrogens is 2.